The number of thioether (sulfide) groups is 2. The normalized spacial score (nSPS) is 19.2. The molecule has 3 heterocycles. The number of nitro benzene ring substituents is 1. The lowest BCUT2D eigenvalue weighted by Gasteiger charge is -2.28. The van der Waals surface area contributed by atoms with Crippen molar-refractivity contribution in [3.63, 3.8) is 0 Å². The first-order valence-corrected chi connectivity index (χ1v) is 9.15. The summed E-state index contributed by atoms with van der Waals surface area (Å²) < 4.78 is 2.07. The van der Waals surface area contributed by atoms with Crippen molar-refractivity contribution in [2.75, 3.05) is 5.01 Å². The van der Waals surface area contributed by atoms with Crippen molar-refractivity contribution >= 4 is 29.2 Å². The van der Waals surface area contributed by atoms with E-state index in [4.69, 9.17) is 0 Å². The molecule has 1 atom stereocenters. The summed E-state index contributed by atoms with van der Waals surface area (Å²) in [6, 6.07) is 6.73. The van der Waals surface area contributed by atoms with Gasteiger partial charge in [0, 0.05) is 23.0 Å². The van der Waals surface area contributed by atoms with Crippen molar-refractivity contribution in [2.45, 2.75) is 36.7 Å². The first-order chi connectivity index (χ1) is 11.4. The van der Waals surface area contributed by atoms with E-state index in [-0.39, 0.29) is 21.4 Å². The van der Waals surface area contributed by atoms with E-state index >= 15 is 0 Å². The van der Waals surface area contributed by atoms with Gasteiger partial charge in [-0.05, 0) is 29.5 Å². The molecular formula is C15H15N5O2S2. The first kappa shape index (κ1) is 15.5. The Kier molecular flexibility index (Phi) is 3.40. The highest BCUT2D eigenvalue weighted by Crippen LogP contribution is 2.51. The highest BCUT2D eigenvalue weighted by Gasteiger charge is 2.41. The third kappa shape index (κ3) is 2.30. The molecule has 0 amide bonds. The Hall–Kier alpha value is -2.00. The molecule has 4 rings (SSSR count). The summed E-state index contributed by atoms with van der Waals surface area (Å²) in [6.45, 7) is 6.34. The van der Waals surface area contributed by atoms with E-state index in [1.165, 1.54) is 0 Å². The predicted octanol–water partition coefficient (Wildman–Crippen LogP) is 3.77. The van der Waals surface area contributed by atoms with Crippen molar-refractivity contribution in [3.8, 4) is 0 Å². The molecule has 0 bridgehead atoms. The lowest BCUT2D eigenvalue weighted by Crippen LogP contribution is -2.34. The van der Waals surface area contributed by atoms with Crippen LogP contribution >= 0.6 is 23.5 Å². The summed E-state index contributed by atoms with van der Waals surface area (Å²) in [5.74, 6) is 0.905. The molecule has 0 N–H and O–H groups in total. The highest BCUT2D eigenvalue weighted by molar-refractivity contribution is 8.07. The van der Waals surface area contributed by atoms with E-state index in [9.17, 15) is 10.1 Å². The van der Waals surface area contributed by atoms with Gasteiger partial charge in [0.05, 0.1) is 4.92 Å². The zero-order chi connectivity index (χ0) is 17.1. The van der Waals surface area contributed by atoms with E-state index in [1.54, 1.807) is 35.7 Å². The van der Waals surface area contributed by atoms with Crippen molar-refractivity contribution in [3.05, 3.63) is 56.2 Å². The fourth-order valence-corrected chi connectivity index (χ4v) is 4.92. The van der Waals surface area contributed by atoms with Gasteiger partial charge in [0.1, 0.15) is 10.4 Å². The molecule has 0 saturated heterocycles. The van der Waals surface area contributed by atoms with E-state index in [1.807, 2.05) is 12.1 Å². The number of rotatable bonds is 2. The molecular weight excluding hydrogens is 346 g/mol. The summed E-state index contributed by atoms with van der Waals surface area (Å²) >= 11 is 3.28. The molecule has 0 spiro atoms. The van der Waals surface area contributed by atoms with Crippen LogP contribution < -0.4 is 5.01 Å². The fraction of sp³-hybridized carbons (Fsp3) is 0.333. The second kappa shape index (κ2) is 5.25. The van der Waals surface area contributed by atoms with Crippen LogP contribution in [0.25, 0.3) is 0 Å². The second-order valence-corrected chi connectivity index (χ2v) is 8.55. The molecule has 1 aromatic carbocycles. The Labute approximate surface area is 147 Å². The minimum atomic E-state index is -0.378. The maximum atomic E-state index is 10.9. The summed E-state index contributed by atoms with van der Waals surface area (Å²) in [6.07, 6.45) is 0. The van der Waals surface area contributed by atoms with Gasteiger partial charge in [0.25, 0.3) is 5.69 Å². The predicted molar refractivity (Wildman–Crippen MR) is 94.3 cm³/mol. The van der Waals surface area contributed by atoms with Gasteiger partial charge in [-0.3, -0.25) is 15.1 Å². The van der Waals surface area contributed by atoms with E-state index in [0.29, 0.717) is 0 Å². The maximum absolute atomic E-state index is 10.9. The molecule has 2 aliphatic heterocycles. The molecule has 1 aromatic heterocycles. The van der Waals surface area contributed by atoms with Crippen LogP contribution in [0, 0.1) is 10.1 Å². The molecule has 9 heteroatoms. The van der Waals surface area contributed by atoms with Crippen LogP contribution in [0.1, 0.15) is 37.5 Å². The fourth-order valence-electron chi connectivity index (χ4n) is 2.69. The van der Waals surface area contributed by atoms with Crippen molar-refractivity contribution in [1.29, 1.82) is 0 Å². The number of hydrogen-bond acceptors (Lipinski definition) is 7. The van der Waals surface area contributed by atoms with Crippen molar-refractivity contribution in [1.82, 2.24) is 14.9 Å². The maximum Gasteiger partial charge on any atom is 0.269 e. The van der Waals surface area contributed by atoms with Gasteiger partial charge in [-0.1, -0.05) is 32.5 Å². The average molecular weight is 361 g/mol. The lowest BCUT2D eigenvalue weighted by molar-refractivity contribution is -0.384. The van der Waals surface area contributed by atoms with Gasteiger partial charge in [0.2, 0.25) is 5.16 Å². The minimum absolute atomic E-state index is 0.0201. The summed E-state index contributed by atoms with van der Waals surface area (Å²) in [5, 5.41) is 25.8. The van der Waals surface area contributed by atoms with Crippen molar-refractivity contribution < 1.29 is 4.92 Å². The number of nitrogens with zero attached hydrogens (tertiary/aromatic N) is 5. The number of aromatic nitrogens is 3. The van der Waals surface area contributed by atoms with Crippen LogP contribution in [-0.4, -0.2) is 19.8 Å². The number of hydrogen-bond donors (Lipinski definition) is 0. The Bertz CT molecular complexity index is 854. The summed E-state index contributed by atoms with van der Waals surface area (Å²) in [5.41, 5.74) is 0.985. The highest BCUT2D eigenvalue weighted by atomic mass is 32.2. The standard InChI is InChI=1S/C15H15N5O2S2/c1-15(2,3)13-16-17-14-19(13)18-11(24-14)8-23-12(18)9-4-6-10(7-5-9)20(21)22/h4-8,12H,1-3H3. The molecule has 24 heavy (non-hydrogen) atoms. The van der Waals surface area contributed by atoms with Crippen LogP contribution in [0.3, 0.4) is 0 Å². The van der Waals surface area contributed by atoms with Gasteiger partial charge >= 0.3 is 0 Å². The Morgan fingerprint density at radius 1 is 1.21 bits per heavy atom. The molecule has 2 aliphatic rings. The Morgan fingerprint density at radius 3 is 2.54 bits per heavy atom. The largest absolute Gasteiger partial charge is 0.269 e. The molecule has 0 fully saturated rings. The molecule has 2 aromatic rings. The zero-order valence-corrected chi connectivity index (χ0v) is 15.0. The van der Waals surface area contributed by atoms with Crippen LogP contribution in [0.15, 0.2) is 39.9 Å². The van der Waals surface area contributed by atoms with Crippen molar-refractivity contribution in [2.24, 2.45) is 0 Å². The van der Waals surface area contributed by atoms with E-state index < -0.39 is 0 Å². The number of benzene rings is 1. The quantitative estimate of drug-likeness (QED) is 0.595. The average Bonchev–Trinajstić information content (AvgIpc) is 3.16. The molecule has 0 radical (unpaired) electrons. The smallest absolute Gasteiger partial charge is 0.258 e. The van der Waals surface area contributed by atoms with Crippen LogP contribution in [-0.2, 0) is 5.41 Å². The Morgan fingerprint density at radius 2 is 1.92 bits per heavy atom. The van der Waals surface area contributed by atoms with E-state index in [0.717, 1.165) is 21.6 Å². The molecule has 7 nitrogen and oxygen atoms in total. The molecule has 0 saturated carbocycles. The van der Waals surface area contributed by atoms with Crippen LogP contribution in [0.4, 0.5) is 5.69 Å². The third-order valence-electron chi connectivity index (χ3n) is 3.83. The van der Waals surface area contributed by atoms with Gasteiger partial charge in [0.15, 0.2) is 5.82 Å². The van der Waals surface area contributed by atoms with Gasteiger partial charge in [-0.2, -0.15) is 0 Å². The molecule has 1 unspecified atom stereocenters. The number of non-ortho nitro benzene ring substituents is 1. The SMILES string of the molecule is CC(C)(C)c1nnc2n1N1C(=CSC1c1ccc([N+](=O)[O-])cc1)S2. The minimum Gasteiger partial charge on any atom is -0.258 e. The number of nitro groups is 1. The topological polar surface area (TPSA) is 77.1 Å². The third-order valence-corrected chi connectivity index (χ3v) is 6.02. The first-order valence-electron chi connectivity index (χ1n) is 7.39. The Balaban J connectivity index is 1.74. The van der Waals surface area contributed by atoms with Gasteiger partial charge in [-0.15, -0.1) is 10.2 Å². The summed E-state index contributed by atoms with van der Waals surface area (Å²) in [4.78, 5) is 10.5. The second-order valence-electron chi connectivity index (χ2n) is 6.61. The van der Waals surface area contributed by atoms with Gasteiger partial charge in [-0.25, -0.2) is 4.68 Å². The van der Waals surface area contributed by atoms with Crippen LogP contribution in [0.5, 0.6) is 0 Å². The monoisotopic (exact) mass is 361 g/mol. The van der Waals surface area contributed by atoms with Crippen LogP contribution in [0.2, 0.25) is 0 Å². The molecule has 124 valence electrons. The summed E-state index contributed by atoms with van der Waals surface area (Å²) in [7, 11) is 0. The number of fused-ring (bicyclic) bond motifs is 3. The van der Waals surface area contributed by atoms with E-state index in [2.05, 4.69) is 46.1 Å². The molecule has 0 aliphatic carbocycles. The zero-order valence-electron chi connectivity index (χ0n) is 13.3. The lowest BCUT2D eigenvalue weighted by atomic mass is 9.96. The van der Waals surface area contributed by atoms with Gasteiger partial charge < -0.3 is 0 Å².